The first kappa shape index (κ1) is 13.5. The Kier molecular flexibility index (Phi) is 4.68. The number of amides is 1. The van der Waals surface area contributed by atoms with E-state index in [1.165, 1.54) is 0 Å². The molecular weight excluding hydrogens is 250 g/mol. The summed E-state index contributed by atoms with van der Waals surface area (Å²) in [5.41, 5.74) is 5.52. The molecule has 6 heteroatoms. The maximum Gasteiger partial charge on any atom is 0.249 e. The van der Waals surface area contributed by atoms with E-state index in [0.29, 0.717) is 13.1 Å². The third-order valence-electron chi connectivity index (χ3n) is 3.12. The lowest BCUT2D eigenvalue weighted by molar-refractivity contribution is -0.131. The standard InChI is InChI=1S/C12H19N3O2S/c1-8(12-14-4-5-18-12)7-15-11(16)10-3-2-9(6-13)17-10/h4-5,8-10H,2-3,6-7,13H2,1H3,(H,15,16). The summed E-state index contributed by atoms with van der Waals surface area (Å²) < 4.78 is 5.55. The fourth-order valence-corrected chi connectivity index (χ4v) is 2.70. The summed E-state index contributed by atoms with van der Waals surface area (Å²) in [7, 11) is 0. The zero-order valence-corrected chi connectivity index (χ0v) is 11.3. The number of hydrogen-bond donors (Lipinski definition) is 2. The SMILES string of the molecule is CC(CNC(=O)C1CCC(CN)O1)c1nccs1. The maximum absolute atomic E-state index is 11.9. The van der Waals surface area contributed by atoms with Gasteiger partial charge in [0.15, 0.2) is 0 Å². The van der Waals surface area contributed by atoms with Crippen LogP contribution >= 0.6 is 11.3 Å². The van der Waals surface area contributed by atoms with Gasteiger partial charge in [0.2, 0.25) is 5.91 Å². The molecule has 1 fully saturated rings. The second-order valence-electron chi connectivity index (χ2n) is 4.58. The summed E-state index contributed by atoms with van der Waals surface area (Å²) in [5.74, 6) is 0.204. The van der Waals surface area contributed by atoms with Gasteiger partial charge in [-0.1, -0.05) is 6.92 Å². The third kappa shape index (κ3) is 3.28. The number of carbonyl (C=O) groups excluding carboxylic acids is 1. The van der Waals surface area contributed by atoms with Crippen LogP contribution in [-0.2, 0) is 9.53 Å². The van der Waals surface area contributed by atoms with Crippen molar-refractivity contribution in [3.05, 3.63) is 16.6 Å². The summed E-state index contributed by atoms with van der Waals surface area (Å²) in [4.78, 5) is 16.1. The molecule has 0 bridgehead atoms. The van der Waals surface area contributed by atoms with Crippen LogP contribution in [0.3, 0.4) is 0 Å². The number of nitrogens with two attached hydrogens (primary N) is 1. The first-order chi connectivity index (χ1) is 8.70. The molecule has 3 unspecified atom stereocenters. The zero-order chi connectivity index (χ0) is 13.0. The molecule has 3 atom stereocenters. The average Bonchev–Trinajstić information content (AvgIpc) is 3.05. The highest BCUT2D eigenvalue weighted by molar-refractivity contribution is 7.09. The van der Waals surface area contributed by atoms with Crippen LogP contribution in [0.15, 0.2) is 11.6 Å². The van der Waals surface area contributed by atoms with Crippen LogP contribution < -0.4 is 11.1 Å². The average molecular weight is 269 g/mol. The van der Waals surface area contributed by atoms with Crippen LogP contribution in [-0.4, -0.2) is 36.2 Å². The summed E-state index contributed by atoms with van der Waals surface area (Å²) in [5, 5.41) is 5.91. The molecule has 1 amide bonds. The lowest BCUT2D eigenvalue weighted by atomic mass is 10.1. The van der Waals surface area contributed by atoms with E-state index in [-0.39, 0.29) is 24.0 Å². The molecule has 1 aliphatic rings. The maximum atomic E-state index is 11.9. The zero-order valence-electron chi connectivity index (χ0n) is 10.5. The molecule has 18 heavy (non-hydrogen) atoms. The van der Waals surface area contributed by atoms with Crippen molar-refractivity contribution in [3.63, 3.8) is 0 Å². The summed E-state index contributed by atoms with van der Waals surface area (Å²) in [6.45, 7) is 3.14. The van der Waals surface area contributed by atoms with E-state index in [9.17, 15) is 4.79 Å². The van der Waals surface area contributed by atoms with E-state index in [2.05, 4.69) is 17.2 Å². The van der Waals surface area contributed by atoms with Gasteiger partial charge in [0.25, 0.3) is 0 Å². The number of hydrogen-bond acceptors (Lipinski definition) is 5. The van der Waals surface area contributed by atoms with E-state index in [1.54, 1.807) is 17.5 Å². The summed E-state index contributed by atoms with van der Waals surface area (Å²) in [6.07, 6.45) is 3.12. The van der Waals surface area contributed by atoms with Gasteiger partial charge in [-0.3, -0.25) is 4.79 Å². The Hall–Kier alpha value is -0.980. The van der Waals surface area contributed by atoms with Gasteiger partial charge >= 0.3 is 0 Å². The molecule has 0 aromatic carbocycles. The van der Waals surface area contributed by atoms with Crippen LogP contribution in [0.2, 0.25) is 0 Å². The number of nitrogens with zero attached hydrogens (tertiary/aromatic N) is 1. The van der Waals surface area contributed by atoms with Gasteiger partial charge in [-0.15, -0.1) is 11.3 Å². The van der Waals surface area contributed by atoms with Crippen molar-refractivity contribution in [3.8, 4) is 0 Å². The van der Waals surface area contributed by atoms with E-state index in [1.807, 2.05) is 5.38 Å². The van der Waals surface area contributed by atoms with Gasteiger partial charge in [-0.05, 0) is 12.8 Å². The highest BCUT2D eigenvalue weighted by Crippen LogP contribution is 2.20. The van der Waals surface area contributed by atoms with E-state index < -0.39 is 0 Å². The molecule has 100 valence electrons. The Bertz CT molecular complexity index is 383. The number of rotatable bonds is 5. The van der Waals surface area contributed by atoms with Crippen LogP contribution in [0.4, 0.5) is 0 Å². The molecule has 1 aliphatic heterocycles. The molecule has 0 aliphatic carbocycles. The molecular formula is C12H19N3O2S. The monoisotopic (exact) mass is 269 g/mol. The van der Waals surface area contributed by atoms with Crippen molar-refractivity contribution < 1.29 is 9.53 Å². The Balaban J connectivity index is 1.75. The highest BCUT2D eigenvalue weighted by Gasteiger charge is 2.29. The molecule has 1 aromatic rings. The van der Waals surface area contributed by atoms with Crippen molar-refractivity contribution in [2.75, 3.05) is 13.1 Å². The molecule has 2 rings (SSSR count). The smallest absolute Gasteiger partial charge is 0.249 e. The van der Waals surface area contributed by atoms with Gasteiger partial charge in [0.05, 0.1) is 11.1 Å². The molecule has 0 spiro atoms. The first-order valence-corrected chi connectivity index (χ1v) is 7.11. The topological polar surface area (TPSA) is 77.2 Å². The lowest BCUT2D eigenvalue weighted by Crippen LogP contribution is -2.37. The van der Waals surface area contributed by atoms with Crippen LogP contribution in [0.5, 0.6) is 0 Å². The fraction of sp³-hybridized carbons (Fsp3) is 0.667. The van der Waals surface area contributed by atoms with E-state index in [0.717, 1.165) is 17.8 Å². The first-order valence-electron chi connectivity index (χ1n) is 6.23. The van der Waals surface area contributed by atoms with Crippen molar-refractivity contribution in [2.24, 2.45) is 5.73 Å². The van der Waals surface area contributed by atoms with Crippen LogP contribution in [0, 0.1) is 0 Å². The largest absolute Gasteiger partial charge is 0.364 e. The van der Waals surface area contributed by atoms with Gasteiger partial charge in [-0.2, -0.15) is 0 Å². The molecule has 3 N–H and O–H groups in total. The predicted octanol–water partition coefficient (Wildman–Crippen LogP) is 0.869. The predicted molar refractivity (Wildman–Crippen MR) is 70.5 cm³/mol. The second-order valence-corrected chi connectivity index (χ2v) is 5.50. The molecule has 0 saturated carbocycles. The van der Waals surface area contributed by atoms with E-state index in [4.69, 9.17) is 10.5 Å². The van der Waals surface area contributed by atoms with Crippen molar-refractivity contribution in [1.82, 2.24) is 10.3 Å². The van der Waals surface area contributed by atoms with Crippen molar-refractivity contribution in [2.45, 2.75) is 37.9 Å². The highest BCUT2D eigenvalue weighted by atomic mass is 32.1. The van der Waals surface area contributed by atoms with Crippen LogP contribution in [0.1, 0.15) is 30.7 Å². The number of ether oxygens (including phenoxy) is 1. The minimum absolute atomic E-state index is 0.0330. The lowest BCUT2D eigenvalue weighted by Gasteiger charge is -2.14. The minimum Gasteiger partial charge on any atom is -0.364 e. The Morgan fingerprint density at radius 1 is 1.72 bits per heavy atom. The molecule has 1 aromatic heterocycles. The normalized spacial score (nSPS) is 25.0. The third-order valence-corrected chi connectivity index (χ3v) is 4.13. The van der Waals surface area contributed by atoms with Gasteiger partial charge in [0.1, 0.15) is 6.10 Å². The Labute approximate surface area is 111 Å². The summed E-state index contributed by atoms with van der Waals surface area (Å²) >= 11 is 1.61. The Morgan fingerprint density at radius 3 is 3.17 bits per heavy atom. The quantitative estimate of drug-likeness (QED) is 0.831. The molecule has 0 radical (unpaired) electrons. The molecule has 2 heterocycles. The van der Waals surface area contributed by atoms with E-state index >= 15 is 0 Å². The van der Waals surface area contributed by atoms with Crippen LogP contribution in [0.25, 0.3) is 0 Å². The fourth-order valence-electron chi connectivity index (χ4n) is 2.00. The van der Waals surface area contributed by atoms with Crippen molar-refractivity contribution >= 4 is 17.2 Å². The Morgan fingerprint density at radius 2 is 2.56 bits per heavy atom. The second kappa shape index (κ2) is 6.26. The number of nitrogens with one attached hydrogen (secondary N) is 1. The molecule has 1 saturated heterocycles. The number of carbonyl (C=O) groups is 1. The van der Waals surface area contributed by atoms with Gasteiger partial charge in [0, 0.05) is 30.6 Å². The minimum atomic E-state index is -0.331. The number of aromatic nitrogens is 1. The molecule has 5 nitrogen and oxygen atoms in total. The van der Waals surface area contributed by atoms with Gasteiger partial charge < -0.3 is 15.8 Å². The van der Waals surface area contributed by atoms with Crippen molar-refractivity contribution in [1.29, 1.82) is 0 Å². The number of thiazole rings is 1. The summed E-state index contributed by atoms with van der Waals surface area (Å²) in [6, 6.07) is 0. The van der Waals surface area contributed by atoms with Gasteiger partial charge in [-0.25, -0.2) is 4.98 Å².